The topological polar surface area (TPSA) is 66.9 Å². The SMILES string of the molecule is CC(C)(C)OC(=O)N1CC2CS(=O)(=O)CC(C1)N2Cc1ccccc1. The summed E-state index contributed by atoms with van der Waals surface area (Å²) in [5, 5.41) is 0. The molecular weight excluding hydrogens is 340 g/mol. The number of fused-ring (bicyclic) bond motifs is 2. The van der Waals surface area contributed by atoms with Crippen LogP contribution in [0.5, 0.6) is 0 Å². The van der Waals surface area contributed by atoms with Crippen LogP contribution in [0.3, 0.4) is 0 Å². The third-order valence-electron chi connectivity index (χ3n) is 4.55. The van der Waals surface area contributed by atoms with Gasteiger partial charge in [0, 0.05) is 31.7 Å². The zero-order valence-electron chi connectivity index (χ0n) is 15.0. The molecule has 2 aliphatic heterocycles. The maximum absolute atomic E-state index is 12.4. The summed E-state index contributed by atoms with van der Waals surface area (Å²) in [4.78, 5) is 16.3. The smallest absolute Gasteiger partial charge is 0.410 e. The van der Waals surface area contributed by atoms with E-state index in [1.807, 2.05) is 51.1 Å². The molecule has 0 N–H and O–H groups in total. The van der Waals surface area contributed by atoms with Gasteiger partial charge >= 0.3 is 6.09 Å². The van der Waals surface area contributed by atoms with E-state index in [9.17, 15) is 13.2 Å². The Kier molecular flexibility index (Phi) is 4.81. The first kappa shape index (κ1) is 18.2. The van der Waals surface area contributed by atoms with Crippen molar-refractivity contribution in [3.63, 3.8) is 0 Å². The quantitative estimate of drug-likeness (QED) is 0.800. The van der Waals surface area contributed by atoms with Gasteiger partial charge in [-0.3, -0.25) is 4.90 Å². The summed E-state index contributed by atoms with van der Waals surface area (Å²) in [6.45, 7) is 6.98. The minimum Gasteiger partial charge on any atom is -0.444 e. The monoisotopic (exact) mass is 366 g/mol. The van der Waals surface area contributed by atoms with Crippen LogP contribution in [0.4, 0.5) is 4.79 Å². The van der Waals surface area contributed by atoms with Crippen LogP contribution in [0, 0.1) is 0 Å². The molecule has 2 unspecified atom stereocenters. The summed E-state index contributed by atoms with van der Waals surface area (Å²) in [5.74, 6) is 0.186. The highest BCUT2D eigenvalue weighted by molar-refractivity contribution is 7.91. The van der Waals surface area contributed by atoms with Crippen molar-refractivity contribution in [2.24, 2.45) is 0 Å². The zero-order chi connectivity index (χ0) is 18.2. The lowest BCUT2D eigenvalue weighted by atomic mass is 10.1. The summed E-state index contributed by atoms with van der Waals surface area (Å²) in [6.07, 6.45) is -0.360. The molecule has 0 radical (unpaired) electrons. The van der Waals surface area contributed by atoms with Gasteiger partial charge in [-0.05, 0) is 26.3 Å². The first-order valence-electron chi connectivity index (χ1n) is 8.61. The zero-order valence-corrected chi connectivity index (χ0v) is 15.8. The van der Waals surface area contributed by atoms with Crippen LogP contribution in [0.1, 0.15) is 26.3 Å². The van der Waals surface area contributed by atoms with Crippen LogP contribution in [0.25, 0.3) is 0 Å². The van der Waals surface area contributed by atoms with E-state index in [1.165, 1.54) is 0 Å². The van der Waals surface area contributed by atoms with Gasteiger partial charge in [0.05, 0.1) is 11.5 Å². The number of hydrogen-bond donors (Lipinski definition) is 0. The molecule has 2 bridgehead atoms. The molecule has 6 nitrogen and oxygen atoms in total. The van der Waals surface area contributed by atoms with E-state index in [-0.39, 0.29) is 29.7 Å². The van der Waals surface area contributed by atoms with E-state index in [0.717, 1.165) is 5.56 Å². The number of benzene rings is 1. The van der Waals surface area contributed by atoms with Crippen molar-refractivity contribution in [1.29, 1.82) is 0 Å². The Morgan fingerprint density at radius 1 is 1.12 bits per heavy atom. The van der Waals surface area contributed by atoms with Crippen LogP contribution >= 0.6 is 0 Å². The van der Waals surface area contributed by atoms with E-state index in [2.05, 4.69) is 4.90 Å². The fraction of sp³-hybridized carbons (Fsp3) is 0.611. The molecule has 2 fully saturated rings. The van der Waals surface area contributed by atoms with Gasteiger partial charge in [0.1, 0.15) is 5.60 Å². The number of carbonyl (C=O) groups is 1. The highest BCUT2D eigenvalue weighted by atomic mass is 32.2. The average Bonchev–Trinajstić information content (AvgIpc) is 2.47. The Labute approximate surface area is 149 Å². The van der Waals surface area contributed by atoms with Crippen LogP contribution in [0.2, 0.25) is 0 Å². The Hall–Kier alpha value is -1.60. The highest BCUT2D eigenvalue weighted by Crippen LogP contribution is 2.27. The number of sulfone groups is 1. The molecule has 1 aromatic carbocycles. The van der Waals surface area contributed by atoms with Crippen LogP contribution in [-0.2, 0) is 21.1 Å². The second-order valence-corrected chi connectivity index (χ2v) is 10.1. The number of nitrogens with zero attached hydrogens (tertiary/aromatic N) is 2. The van der Waals surface area contributed by atoms with E-state index in [0.29, 0.717) is 19.6 Å². The van der Waals surface area contributed by atoms with E-state index >= 15 is 0 Å². The van der Waals surface area contributed by atoms with Crippen LogP contribution in [0.15, 0.2) is 30.3 Å². The van der Waals surface area contributed by atoms with Gasteiger partial charge in [0.15, 0.2) is 9.84 Å². The van der Waals surface area contributed by atoms with E-state index in [4.69, 9.17) is 4.74 Å². The lowest BCUT2D eigenvalue weighted by molar-refractivity contribution is -0.0110. The fourth-order valence-electron chi connectivity index (χ4n) is 3.57. The van der Waals surface area contributed by atoms with E-state index < -0.39 is 15.4 Å². The van der Waals surface area contributed by atoms with Crippen molar-refractivity contribution in [3.05, 3.63) is 35.9 Å². The third kappa shape index (κ3) is 4.52. The summed E-state index contributed by atoms with van der Waals surface area (Å²) < 4.78 is 29.9. The predicted molar refractivity (Wildman–Crippen MR) is 96.0 cm³/mol. The molecule has 3 rings (SSSR count). The number of carbonyl (C=O) groups excluding carboxylic acids is 1. The number of rotatable bonds is 2. The van der Waals surface area contributed by atoms with Crippen molar-refractivity contribution in [2.75, 3.05) is 24.6 Å². The Bertz CT molecular complexity index is 705. The average molecular weight is 366 g/mol. The molecule has 0 saturated carbocycles. The van der Waals surface area contributed by atoms with Crippen molar-refractivity contribution in [1.82, 2.24) is 9.80 Å². The molecule has 25 heavy (non-hydrogen) atoms. The van der Waals surface area contributed by atoms with Crippen LogP contribution in [-0.4, -0.2) is 66.6 Å². The normalized spacial score (nSPS) is 26.3. The molecule has 2 aliphatic rings. The lowest BCUT2D eigenvalue weighted by Gasteiger charge is -2.49. The molecule has 0 aromatic heterocycles. The van der Waals surface area contributed by atoms with E-state index in [1.54, 1.807) is 4.90 Å². The molecule has 2 atom stereocenters. The summed E-state index contributed by atoms with van der Waals surface area (Å²) in [7, 11) is -3.07. The summed E-state index contributed by atoms with van der Waals surface area (Å²) >= 11 is 0. The number of hydrogen-bond acceptors (Lipinski definition) is 5. The molecule has 1 aromatic rings. The molecule has 2 saturated heterocycles. The first-order chi connectivity index (χ1) is 11.6. The predicted octanol–water partition coefficient (Wildman–Crippen LogP) is 1.90. The number of piperazine rings is 1. The summed E-state index contributed by atoms with van der Waals surface area (Å²) in [5.41, 5.74) is 0.599. The minimum atomic E-state index is -3.07. The fourth-order valence-corrected chi connectivity index (χ4v) is 5.47. The third-order valence-corrected chi connectivity index (χ3v) is 6.34. The number of ether oxygens (including phenoxy) is 1. The standard InChI is InChI=1S/C18H26N2O4S/c1-18(2,3)24-17(21)19-10-15-12-25(22,23)13-16(11-19)20(15)9-14-7-5-4-6-8-14/h4-8,15-16H,9-13H2,1-3H3. The molecule has 1 amide bonds. The van der Waals surface area contributed by atoms with Crippen LogP contribution < -0.4 is 0 Å². The van der Waals surface area contributed by atoms with Gasteiger partial charge in [-0.25, -0.2) is 13.2 Å². The maximum Gasteiger partial charge on any atom is 0.410 e. The maximum atomic E-state index is 12.4. The Morgan fingerprint density at radius 2 is 1.68 bits per heavy atom. The second kappa shape index (κ2) is 6.61. The molecule has 0 spiro atoms. The van der Waals surface area contributed by atoms with Gasteiger partial charge in [-0.15, -0.1) is 0 Å². The molecule has 7 heteroatoms. The summed E-state index contributed by atoms with van der Waals surface area (Å²) in [6, 6.07) is 9.65. The number of amides is 1. The Balaban J connectivity index is 1.77. The molecule has 138 valence electrons. The van der Waals surface area contributed by atoms with Crippen molar-refractivity contribution in [2.45, 2.75) is 45.0 Å². The minimum absolute atomic E-state index is 0.0929. The van der Waals surface area contributed by atoms with Gasteiger partial charge in [-0.2, -0.15) is 0 Å². The van der Waals surface area contributed by atoms with Crippen molar-refractivity contribution < 1.29 is 17.9 Å². The van der Waals surface area contributed by atoms with Gasteiger partial charge in [-0.1, -0.05) is 30.3 Å². The lowest BCUT2D eigenvalue weighted by Crippen LogP contribution is -2.66. The highest BCUT2D eigenvalue weighted by Gasteiger charge is 2.45. The molecule has 0 aliphatic carbocycles. The van der Waals surface area contributed by atoms with Gasteiger partial charge in [0.2, 0.25) is 0 Å². The molecule has 2 heterocycles. The van der Waals surface area contributed by atoms with Gasteiger partial charge in [0.25, 0.3) is 0 Å². The van der Waals surface area contributed by atoms with Gasteiger partial charge < -0.3 is 9.64 Å². The first-order valence-corrected chi connectivity index (χ1v) is 10.4. The Morgan fingerprint density at radius 3 is 2.20 bits per heavy atom. The second-order valence-electron chi connectivity index (χ2n) is 7.93. The van der Waals surface area contributed by atoms with Crippen molar-refractivity contribution in [3.8, 4) is 0 Å². The van der Waals surface area contributed by atoms with Crippen molar-refractivity contribution >= 4 is 15.9 Å². The molecular formula is C18H26N2O4S. The largest absolute Gasteiger partial charge is 0.444 e.